The summed E-state index contributed by atoms with van der Waals surface area (Å²) in [6.07, 6.45) is 7.65. The van der Waals surface area contributed by atoms with Crippen molar-refractivity contribution in [2.75, 3.05) is 0 Å². The molecule has 7 unspecified atom stereocenters. The van der Waals surface area contributed by atoms with Crippen LogP contribution in [0.3, 0.4) is 0 Å². The van der Waals surface area contributed by atoms with Gasteiger partial charge in [-0.1, -0.05) is 27.2 Å². The van der Waals surface area contributed by atoms with Crippen LogP contribution in [-0.4, -0.2) is 10.7 Å². The van der Waals surface area contributed by atoms with Crippen LogP contribution in [0.15, 0.2) is 0 Å². The highest BCUT2D eigenvalue weighted by molar-refractivity contribution is 5.25. The van der Waals surface area contributed by atoms with E-state index in [0.717, 1.165) is 36.5 Å². The van der Waals surface area contributed by atoms with Gasteiger partial charge in [0.25, 0.3) is 0 Å². The molecular formula is C16H26O. The fraction of sp³-hybridized carbons (Fsp3) is 1.00. The third-order valence-electron chi connectivity index (χ3n) is 7.95. The maximum atomic E-state index is 11.2. The number of fused-ring (bicyclic) bond motifs is 2. The topological polar surface area (TPSA) is 20.2 Å². The Balaban J connectivity index is 1.87. The average molecular weight is 234 g/mol. The molecule has 0 aliphatic heterocycles. The van der Waals surface area contributed by atoms with Crippen LogP contribution in [0.5, 0.6) is 0 Å². The van der Waals surface area contributed by atoms with Crippen molar-refractivity contribution in [3.05, 3.63) is 0 Å². The Morgan fingerprint density at radius 1 is 1.12 bits per heavy atom. The molecule has 0 saturated heterocycles. The first-order valence-electron chi connectivity index (χ1n) is 7.67. The van der Waals surface area contributed by atoms with Gasteiger partial charge in [-0.3, -0.25) is 0 Å². The Morgan fingerprint density at radius 2 is 1.82 bits per heavy atom. The van der Waals surface area contributed by atoms with Gasteiger partial charge in [-0.25, -0.2) is 0 Å². The minimum Gasteiger partial charge on any atom is -0.389 e. The lowest BCUT2D eigenvalue weighted by Crippen LogP contribution is -2.41. The molecule has 17 heavy (non-hydrogen) atoms. The Bertz CT molecular complexity index is 374. The van der Waals surface area contributed by atoms with Gasteiger partial charge in [0.1, 0.15) is 0 Å². The maximum Gasteiger partial charge on any atom is 0.0712 e. The summed E-state index contributed by atoms with van der Waals surface area (Å²) in [7, 11) is 0. The van der Waals surface area contributed by atoms with Crippen molar-refractivity contribution in [2.24, 2.45) is 34.5 Å². The van der Waals surface area contributed by atoms with Crippen LogP contribution >= 0.6 is 0 Å². The highest BCUT2D eigenvalue weighted by atomic mass is 16.3. The molecule has 4 saturated carbocycles. The predicted molar refractivity (Wildman–Crippen MR) is 68.5 cm³/mol. The van der Waals surface area contributed by atoms with Crippen LogP contribution in [0.25, 0.3) is 0 Å². The molecule has 4 aliphatic rings. The fourth-order valence-electron chi connectivity index (χ4n) is 6.91. The zero-order chi connectivity index (χ0) is 12.1. The van der Waals surface area contributed by atoms with Crippen LogP contribution in [0.2, 0.25) is 0 Å². The number of rotatable bonds is 1. The summed E-state index contributed by atoms with van der Waals surface area (Å²) in [4.78, 5) is 0. The van der Waals surface area contributed by atoms with Gasteiger partial charge in [-0.15, -0.1) is 0 Å². The predicted octanol–water partition coefficient (Wildman–Crippen LogP) is 3.61. The Labute approximate surface area is 105 Å². The highest BCUT2D eigenvalue weighted by Gasteiger charge is 2.75. The largest absolute Gasteiger partial charge is 0.389 e. The molecule has 4 rings (SSSR count). The quantitative estimate of drug-likeness (QED) is 0.735. The molecular weight excluding hydrogens is 208 g/mol. The van der Waals surface area contributed by atoms with Crippen molar-refractivity contribution >= 4 is 0 Å². The van der Waals surface area contributed by atoms with Crippen molar-refractivity contribution in [3.63, 3.8) is 0 Å². The summed E-state index contributed by atoms with van der Waals surface area (Å²) < 4.78 is 0. The molecule has 0 heterocycles. The molecule has 1 nitrogen and oxygen atoms in total. The molecule has 0 amide bonds. The zero-order valence-electron chi connectivity index (χ0n) is 11.5. The lowest BCUT2D eigenvalue weighted by atomic mass is 9.60. The lowest BCUT2D eigenvalue weighted by Gasteiger charge is -2.45. The van der Waals surface area contributed by atoms with Crippen LogP contribution < -0.4 is 0 Å². The van der Waals surface area contributed by atoms with E-state index >= 15 is 0 Å². The zero-order valence-corrected chi connectivity index (χ0v) is 11.5. The van der Waals surface area contributed by atoms with Crippen LogP contribution in [0.1, 0.15) is 59.3 Å². The number of hydrogen-bond acceptors (Lipinski definition) is 1. The first-order chi connectivity index (χ1) is 7.95. The minimum absolute atomic E-state index is 0.274. The summed E-state index contributed by atoms with van der Waals surface area (Å²) in [5.41, 5.74) is 0.618. The van der Waals surface area contributed by atoms with Gasteiger partial charge >= 0.3 is 0 Å². The summed E-state index contributed by atoms with van der Waals surface area (Å²) in [6.45, 7) is 7.30. The first-order valence-corrected chi connectivity index (χ1v) is 7.67. The van der Waals surface area contributed by atoms with Crippen molar-refractivity contribution in [1.29, 1.82) is 0 Å². The van der Waals surface area contributed by atoms with Gasteiger partial charge in [0.15, 0.2) is 0 Å². The molecule has 0 radical (unpaired) electrons. The van der Waals surface area contributed by atoms with E-state index in [1.165, 1.54) is 25.7 Å². The molecule has 0 aromatic heterocycles. The molecule has 0 aromatic rings. The normalized spacial score (nSPS) is 67.8. The van der Waals surface area contributed by atoms with Crippen molar-refractivity contribution < 1.29 is 5.11 Å². The van der Waals surface area contributed by atoms with Gasteiger partial charge in [0.2, 0.25) is 0 Å². The third kappa shape index (κ3) is 0.926. The van der Waals surface area contributed by atoms with E-state index in [1.54, 1.807) is 0 Å². The maximum absolute atomic E-state index is 11.2. The standard InChI is InChI=1S/C16H26O/c1-4-14(3)11-5-13-10(2)6-16(17)9-12(14)8-15(13,16)7-11/h10-13,17H,4-9H2,1-3H3. The molecule has 1 N–H and O–H groups in total. The Morgan fingerprint density at radius 3 is 2.53 bits per heavy atom. The smallest absolute Gasteiger partial charge is 0.0712 e. The summed E-state index contributed by atoms with van der Waals surface area (Å²) >= 11 is 0. The van der Waals surface area contributed by atoms with E-state index in [-0.39, 0.29) is 5.60 Å². The average Bonchev–Trinajstić information content (AvgIpc) is 2.80. The Kier molecular flexibility index (Phi) is 1.76. The monoisotopic (exact) mass is 234 g/mol. The molecule has 3 bridgehead atoms. The third-order valence-corrected chi connectivity index (χ3v) is 7.95. The van der Waals surface area contributed by atoms with E-state index in [2.05, 4.69) is 20.8 Å². The number of hydrogen-bond donors (Lipinski definition) is 1. The van der Waals surface area contributed by atoms with Gasteiger partial charge in [-0.2, -0.15) is 0 Å². The van der Waals surface area contributed by atoms with E-state index in [9.17, 15) is 5.11 Å². The summed E-state index contributed by atoms with van der Waals surface area (Å²) in [6, 6.07) is 0. The summed E-state index contributed by atoms with van der Waals surface area (Å²) in [5.74, 6) is 3.34. The van der Waals surface area contributed by atoms with Crippen LogP contribution in [-0.2, 0) is 0 Å². The molecule has 4 aliphatic carbocycles. The Hall–Kier alpha value is -0.0400. The SMILES string of the molecule is CCC1(C)C2CC3C(C)CC4(O)CC1CC34C2. The second-order valence-electron chi connectivity index (χ2n) is 8.08. The fourth-order valence-corrected chi connectivity index (χ4v) is 6.91. The van der Waals surface area contributed by atoms with Gasteiger partial charge in [-0.05, 0) is 61.2 Å². The summed E-state index contributed by atoms with van der Waals surface area (Å²) in [5, 5.41) is 11.2. The van der Waals surface area contributed by atoms with E-state index in [4.69, 9.17) is 0 Å². The molecule has 0 aromatic carbocycles. The van der Waals surface area contributed by atoms with Gasteiger partial charge in [0, 0.05) is 5.41 Å². The van der Waals surface area contributed by atoms with Crippen molar-refractivity contribution in [1.82, 2.24) is 0 Å². The molecule has 1 heteroatoms. The van der Waals surface area contributed by atoms with Crippen LogP contribution in [0.4, 0.5) is 0 Å². The van der Waals surface area contributed by atoms with E-state index in [0.29, 0.717) is 10.8 Å². The highest BCUT2D eigenvalue weighted by Crippen LogP contribution is 2.79. The lowest BCUT2D eigenvalue weighted by molar-refractivity contribution is -0.0484. The van der Waals surface area contributed by atoms with Gasteiger partial charge < -0.3 is 5.11 Å². The molecule has 96 valence electrons. The van der Waals surface area contributed by atoms with E-state index in [1.807, 2.05) is 0 Å². The first kappa shape index (κ1) is 10.8. The second-order valence-corrected chi connectivity index (χ2v) is 8.08. The minimum atomic E-state index is -0.274. The van der Waals surface area contributed by atoms with Crippen LogP contribution in [0, 0.1) is 34.5 Å². The second kappa shape index (κ2) is 2.76. The molecule has 4 fully saturated rings. The number of aliphatic hydroxyl groups is 1. The van der Waals surface area contributed by atoms with Crippen molar-refractivity contribution in [2.45, 2.75) is 64.9 Å². The van der Waals surface area contributed by atoms with E-state index < -0.39 is 0 Å². The van der Waals surface area contributed by atoms with Crippen molar-refractivity contribution in [3.8, 4) is 0 Å². The van der Waals surface area contributed by atoms with Gasteiger partial charge in [0.05, 0.1) is 5.60 Å². The molecule has 1 spiro atoms. The molecule has 7 atom stereocenters.